The lowest BCUT2D eigenvalue weighted by Gasteiger charge is -2.17. The van der Waals surface area contributed by atoms with E-state index in [0.29, 0.717) is 33.8 Å². The molecule has 1 N–H and O–H groups in total. The Bertz CT molecular complexity index is 1440. The van der Waals surface area contributed by atoms with Crippen molar-refractivity contribution < 1.29 is 14.3 Å². The fourth-order valence-electron chi connectivity index (χ4n) is 3.67. The summed E-state index contributed by atoms with van der Waals surface area (Å²) in [5.74, 6) is 0.807. The van der Waals surface area contributed by atoms with Crippen molar-refractivity contribution in [3.63, 3.8) is 0 Å². The molecule has 0 aliphatic carbocycles. The summed E-state index contributed by atoms with van der Waals surface area (Å²) < 4.78 is 13.9. The number of para-hydroxylation sites is 1. The fraction of sp³-hybridized carbons (Fsp3) is 0.160. The van der Waals surface area contributed by atoms with Gasteiger partial charge in [0.1, 0.15) is 18.0 Å². The van der Waals surface area contributed by atoms with Gasteiger partial charge in [-0.2, -0.15) is 0 Å². The Hall–Kier alpha value is -3.91. The summed E-state index contributed by atoms with van der Waals surface area (Å²) in [6, 6.07) is 19.8. The average molecular weight is 462 g/mol. The molecule has 0 aliphatic rings. The van der Waals surface area contributed by atoms with Gasteiger partial charge in [-0.3, -0.25) is 14.2 Å². The van der Waals surface area contributed by atoms with Crippen LogP contribution < -0.4 is 20.3 Å². The Labute approximate surface area is 195 Å². The van der Waals surface area contributed by atoms with Crippen LogP contribution in [-0.4, -0.2) is 29.3 Å². The second-order valence-corrected chi connectivity index (χ2v) is 7.88. The van der Waals surface area contributed by atoms with Crippen molar-refractivity contribution in [2.45, 2.75) is 13.5 Å². The molecule has 0 saturated heterocycles. The van der Waals surface area contributed by atoms with Crippen molar-refractivity contribution in [2.75, 3.05) is 19.5 Å². The van der Waals surface area contributed by atoms with Crippen LogP contribution in [0.25, 0.3) is 16.6 Å². The molecule has 0 saturated carbocycles. The quantitative estimate of drug-likeness (QED) is 0.429. The minimum absolute atomic E-state index is 0.0783. The van der Waals surface area contributed by atoms with Gasteiger partial charge in [-0.1, -0.05) is 29.8 Å². The van der Waals surface area contributed by atoms with Gasteiger partial charge in [-0.05, 0) is 43.4 Å². The number of ether oxygens (including phenoxy) is 2. The molecule has 0 atom stereocenters. The smallest absolute Gasteiger partial charge is 0.266 e. The largest absolute Gasteiger partial charge is 0.497 e. The van der Waals surface area contributed by atoms with E-state index in [9.17, 15) is 9.59 Å². The van der Waals surface area contributed by atoms with Crippen LogP contribution in [0, 0.1) is 11.7 Å². The fourth-order valence-corrected chi connectivity index (χ4v) is 4.02. The number of hydrogen-bond donors (Lipinski definition) is 1. The molecule has 8 heteroatoms. The third-order valence-corrected chi connectivity index (χ3v) is 5.65. The molecule has 1 amide bonds. The number of hydrogen-bond acceptors (Lipinski definition) is 5. The molecule has 0 fully saturated rings. The first-order chi connectivity index (χ1) is 15.9. The standard InChI is InChI=1S/C25H23N3O4S/c1-16-9-10-22-21(11-16)24(30)28(18-7-5-4-6-8-18)25(33)27(22)15-23(29)26-17-12-19(31-2)14-20(13-17)32-3/h4-14H,15H2,1-3H3,(H,26,29). The van der Waals surface area contributed by atoms with E-state index in [2.05, 4.69) is 5.32 Å². The zero-order chi connectivity index (χ0) is 23.5. The van der Waals surface area contributed by atoms with Gasteiger partial charge < -0.3 is 19.4 Å². The topological polar surface area (TPSA) is 74.5 Å². The van der Waals surface area contributed by atoms with E-state index in [4.69, 9.17) is 21.7 Å². The SMILES string of the molecule is COc1cc(NC(=O)Cn2c(=S)n(-c3ccccc3)c(=O)c3cc(C)ccc32)cc(OC)c1. The molecule has 3 aromatic carbocycles. The molecule has 0 aliphatic heterocycles. The number of amides is 1. The number of nitrogens with zero attached hydrogens (tertiary/aromatic N) is 2. The first-order valence-electron chi connectivity index (χ1n) is 10.3. The van der Waals surface area contributed by atoms with Crippen LogP contribution in [-0.2, 0) is 11.3 Å². The molecule has 168 valence electrons. The second kappa shape index (κ2) is 9.30. The summed E-state index contributed by atoms with van der Waals surface area (Å²) in [6.45, 7) is 1.84. The zero-order valence-electron chi connectivity index (χ0n) is 18.5. The number of methoxy groups -OCH3 is 2. The van der Waals surface area contributed by atoms with Crippen LogP contribution in [0.1, 0.15) is 5.56 Å². The van der Waals surface area contributed by atoms with Crippen molar-refractivity contribution >= 4 is 34.7 Å². The first-order valence-corrected chi connectivity index (χ1v) is 10.7. The maximum absolute atomic E-state index is 13.3. The van der Waals surface area contributed by atoms with Gasteiger partial charge in [0.05, 0.1) is 30.8 Å². The molecule has 0 radical (unpaired) electrons. The number of aryl methyl sites for hydroxylation is 1. The van der Waals surface area contributed by atoms with E-state index in [1.54, 1.807) is 37.0 Å². The highest BCUT2D eigenvalue weighted by Crippen LogP contribution is 2.26. The van der Waals surface area contributed by atoms with Crippen molar-refractivity contribution in [2.24, 2.45) is 0 Å². The summed E-state index contributed by atoms with van der Waals surface area (Å²) in [4.78, 5) is 26.4. The minimum atomic E-state index is -0.304. The van der Waals surface area contributed by atoms with Gasteiger partial charge in [0.15, 0.2) is 4.77 Å². The molecule has 33 heavy (non-hydrogen) atoms. The van der Waals surface area contributed by atoms with Crippen molar-refractivity contribution in [1.82, 2.24) is 9.13 Å². The summed E-state index contributed by atoms with van der Waals surface area (Å²) in [5.41, 5.74) is 2.48. The number of carbonyl (C=O) groups is 1. The van der Waals surface area contributed by atoms with E-state index in [-0.39, 0.29) is 22.8 Å². The van der Waals surface area contributed by atoms with Gasteiger partial charge in [0.25, 0.3) is 5.56 Å². The second-order valence-electron chi connectivity index (χ2n) is 7.51. The molecule has 0 bridgehead atoms. The highest BCUT2D eigenvalue weighted by Gasteiger charge is 2.15. The molecule has 1 heterocycles. The molecule has 7 nitrogen and oxygen atoms in total. The van der Waals surface area contributed by atoms with Gasteiger partial charge in [0, 0.05) is 23.9 Å². The van der Waals surface area contributed by atoms with Crippen LogP contribution in [0.15, 0.2) is 71.5 Å². The maximum atomic E-state index is 13.3. The Kier molecular flexibility index (Phi) is 6.28. The van der Waals surface area contributed by atoms with E-state index in [0.717, 1.165) is 5.56 Å². The molecule has 4 rings (SSSR count). The van der Waals surface area contributed by atoms with Crippen molar-refractivity contribution in [3.8, 4) is 17.2 Å². The van der Waals surface area contributed by atoms with Crippen LogP contribution in [0.4, 0.5) is 5.69 Å². The Balaban J connectivity index is 1.80. The van der Waals surface area contributed by atoms with Crippen LogP contribution in [0.2, 0.25) is 0 Å². The van der Waals surface area contributed by atoms with Crippen LogP contribution >= 0.6 is 12.2 Å². The molecule has 1 aromatic heterocycles. The maximum Gasteiger partial charge on any atom is 0.266 e. The highest BCUT2D eigenvalue weighted by molar-refractivity contribution is 7.71. The van der Waals surface area contributed by atoms with E-state index in [1.807, 2.05) is 55.5 Å². The average Bonchev–Trinajstić information content (AvgIpc) is 2.82. The lowest BCUT2D eigenvalue weighted by molar-refractivity contribution is -0.116. The number of anilines is 1. The van der Waals surface area contributed by atoms with Gasteiger partial charge in [0.2, 0.25) is 5.91 Å². The predicted molar refractivity (Wildman–Crippen MR) is 131 cm³/mol. The Morgan fingerprint density at radius 1 is 0.970 bits per heavy atom. The van der Waals surface area contributed by atoms with Crippen LogP contribution in [0.5, 0.6) is 11.5 Å². The number of nitrogens with one attached hydrogen (secondary N) is 1. The first kappa shape index (κ1) is 22.3. The lowest BCUT2D eigenvalue weighted by atomic mass is 10.1. The normalized spacial score (nSPS) is 10.8. The highest BCUT2D eigenvalue weighted by atomic mass is 32.1. The Morgan fingerprint density at radius 3 is 2.27 bits per heavy atom. The third kappa shape index (κ3) is 4.51. The lowest BCUT2D eigenvalue weighted by Crippen LogP contribution is -2.27. The minimum Gasteiger partial charge on any atom is -0.497 e. The molecule has 0 spiro atoms. The molecular weight excluding hydrogens is 438 g/mol. The number of rotatable bonds is 6. The van der Waals surface area contributed by atoms with Crippen LogP contribution in [0.3, 0.4) is 0 Å². The third-order valence-electron chi connectivity index (χ3n) is 5.25. The van der Waals surface area contributed by atoms with E-state index >= 15 is 0 Å². The van der Waals surface area contributed by atoms with Gasteiger partial charge >= 0.3 is 0 Å². The summed E-state index contributed by atoms with van der Waals surface area (Å²) >= 11 is 5.69. The molecule has 0 unspecified atom stereocenters. The van der Waals surface area contributed by atoms with E-state index in [1.165, 1.54) is 4.57 Å². The number of carbonyl (C=O) groups excluding carboxylic acids is 1. The molecule has 4 aromatic rings. The number of fused-ring (bicyclic) bond motifs is 1. The summed E-state index contributed by atoms with van der Waals surface area (Å²) in [7, 11) is 3.08. The van der Waals surface area contributed by atoms with Crippen molar-refractivity contribution in [3.05, 3.63) is 87.4 Å². The predicted octanol–water partition coefficient (Wildman–Crippen LogP) is 4.49. The van der Waals surface area contributed by atoms with Crippen molar-refractivity contribution in [1.29, 1.82) is 0 Å². The monoisotopic (exact) mass is 461 g/mol. The Morgan fingerprint density at radius 2 is 1.64 bits per heavy atom. The zero-order valence-corrected chi connectivity index (χ0v) is 19.3. The summed E-state index contributed by atoms with van der Waals surface area (Å²) in [5, 5.41) is 3.35. The van der Waals surface area contributed by atoms with Gasteiger partial charge in [-0.15, -0.1) is 0 Å². The number of aromatic nitrogens is 2. The summed E-state index contributed by atoms with van der Waals surface area (Å²) in [6.07, 6.45) is 0. The van der Waals surface area contributed by atoms with Gasteiger partial charge in [-0.25, -0.2) is 0 Å². The van der Waals surface area contributed by atoms with E-state index < -0.39 is 0 Å². The molecular formula is C25H23N3O4S. The number of benzene rings is 3.